The number of halogens is 1. The van der Waals surface area contributed by atoms with Gasteiger partial charge in [0.1, 0.15) is 5.60 Å². The van der Waals surface area contributed by atoms with Crippen LogP contribution < -0.4 is 10.6 Å². The number of nitrogens with two attached hydrogens (primary N) is 1. The number of carbonyl (C=O) groups is 1. The summed E-state index contributed by atoms with van der Waals surface area (Å²) in [5.41, 5.74) is 5.02. The van der Waals surface area contributed by atoms with Gasteiger partial charge in [0.15, 0.2) is 0 Å². The highest BCUT2D eigenvalue weighted by Gasteiger charge is 2.36. The summed E-state index contributed by atoms with van der Waals surface area (Å²) < 4.78 is 5.32. The Bertz CT molecular complexity index is 521. The number of anilines is 2. The van der Waals surface area contributed by atoms with Crippen molar-refractivity contribution in [2.75, 3.05) is 30.8 Å². The maximum Gasteiger partial charge on any atom is 0.410 e. The molecule has 116 valence electrons. The number of aromatic nitrogens is 3. The van der Waals surface area contributed by atoms with E-state index in [1.165, 1.54) is 0 Å². The van der Waals surface area contributed by atoms with Crippen molar-refractivity contribution in [2.24, 2.45) is 0 Å². The van der Waals surface area contributed by atoms with Crippen LogP contribution >= 0.6 is 11.6 Å². The zero-order valence-electron chi connectivity index (χ0n) is 12.5. The standard InChI is InChI=1S/C12H19ClN6O2/c1-12(2,3)21-11(20)18(4)7-5-19(6-7)10-16-8(13)15-9(14)17-10/h7H,5-6H2,1-4H3,(H2,14,15,16,17). The number of hydrogen-bond donors (Lipinski definition) is 1. The van der Waals surface area contributed by atoms with Crippen LogP contribution in [-0.4, -0.2) is 57.7 Å². The van der Waals surface area contributed by atoms with Crippen LogP contribution in [0, 0.1) is 0 Å². The molecule has 2 rings (SSSR count). The first-order valence-corrected chi connectivity index (χ1v) is 6.91. The van der Waals surface area contributed by atoms with Crippen LogP contribution in [0.5, 0.6) is 0 Å². The lowest BCUT2D eigenvalue weighted by Gasteiger charge is -2.43. The molecular formula is C12H19ClN6O2. The molecule has 0 atom stereocenters. The lowest BCUT2D eigenvalue weighted by atomic mass is 10.1. The predicted octanol–water partition coefficient (Wildman–Crippen LogP) is 1.16. The highest BCUT2D eigenvalue weighted by molar-refractivity contribution is 6.28. The van der Waals surface area contributed by atoms with Gasteiger partial charge in [0, 0.05) is 20.1 Å². The van der Waals surface area contributed by atoms with E-state index in [9.17, 15) is 4.79 Å². The van der Waals surface area contributed by atoms with Crippen LogP contribution in [0.2, 0.25) is 5.28 Å². The zero-order chi connectivity index (χ0) is 15.8. The van der Waals surface area contributed by atoms with Gasteiger partial charge in [0.25, 0.3) is 0 Å². The van der Waals surface area contributed by atoms with E-state index in [0.29, 0.717) is 19.0 Å². The molecule has 0 saturated carbocycles. The summed E-state index contributed by atoms with van der Waals surface area (Å²) in [5, 5.41) is 0.0569. The van der Waals surface area contributed by atoms with Crippen molar-refractivity contribution < 1.29 is 9.53 Å². The van der Waals surface area contributed by atoms with Gasteiger partial charge in [-0.05, 0) is 32.4 Å². The molecule has 2 N–H and O–H groups in total. The van der Waals surface area contributed by atoms with Crippen LogP contribution in [0.1, 0.15) is 20.8 Å². The van der Waals surface area contributed by atoms with Crippen molar-refractivity contribution in [3.63, 3.8) is 0 Å². The van der Waals surface area contributed by atoms with Gasteiger partial charge in [0.05, 0.1) is 6.04 Å². The van der Waals surface area contributed by atoms with E-state index in [0.717, 1.165) is 0 Å². The minimum atomic E-state index is -0.509. The topological polar surface area (TPSA) is 97.5 Å². The summed E-state index contributed by atoms with van der Waals surface area (Å²) in [6, 6.07) is 0.0385. The number of nitrogen functional groups attached to an aromatic ring is 1. The molecule has 1 saturated heterocycles. The van der Waals surface area contributed by atoms with Crippen molar-refractivity contribution in [1.82, 2.24) is 19.9 Å². The van der Waals surface area contributed by atoms with Crippen molar-refractivity contribution in [1.29, 1.82) is 0 Å². The number of likely N-dealkylation sites (N-methyl/N-ethyl adjacent to an activating group) is 1. The highest BCUT2D eigenvalue weighted by Crippen LogP contribution is 2.22. The van der Waals surface area contributed by atoms with E-state index in [2.05, 4.69) is 15.0 Å². The van der Waals surface area contributed by atoms with Crippen LogP contribution in [0.3, 0.4) is 0 Å². The molecule has 1 aliphatic rings. The summed E-state index contributed by atoms with van der Waals surface area (Å²) in [5.74, 6) is 0.496. The molecule has 0 radical (unpaired) electrons. The van der Waals surface area contributed by atoms with E-state index in [1.54, 1.807) is 11.9 Å². The smallest absolute Gasteiger partial charge is 0.410 e. The van der Waals surface area contributed by atoms with Crippen LogP contribution in [0.15, 0.2) is 0 Å². The minimum absolute atomic E-state index is 0.0385. The Kier molecular flexibility index (Phi) is 4.08. The molecule has 9 heteroatoms. The number of nitrogens with zero attached hydrogens (tertiary/aromatic N) is 5. The van der Waals surface area contributed by atoms with E-state index < -0.39 is 5.60 Å². The quantitative estimate of drug-likeness (QED) is 0.874. The molecule has 0 bridgehead atoms. The lowest BCUT2D eigenvalue weighted by molar-refractivity contribution is 0.0196. The molecule has 2 heterocycles. The number of ether oxygens (including phenoxy) is 1. The van der Waals surface area contributed by atoms with Crippen LogP contribution in [0.25, 0.3) is 0 Å². The summed E-state index contributed by atoms with van der Waals surface area (Å²) in [6.45, 7) is 6.69. The Morgan fingerprint density at radius 1 is 1.38 bits per heavy atom. The zero-order valence-corrected chi connectivity index (χ0v) is 13.3. The Balaban J connectivity index is 1.92. The molecule has 1 aromatic heterocycles. The monoisotopic (exact) mass is 314 g/mol. The van der Waals surface area contributed by atoms with Crippen molar-refractivity contribution in [2.45, 2.75) is 32.4 Å². The van der Waals surface area contributed by atoms with Gasteiger partial charge in [-0.2, -0.15) is 15.0 Å². The highest BCUT2D eigenvalue weighted by atomic mass is 35.5. The maximum absolute atomic E-state index is 11.9. The molecule has 1 aromatic rings. The number of rotatable bonds is 2. The fraction of sp³-hybridized carbons (Fsp3) is 0.667. The van der Waals surface area contributed by atoms with Gasteiger partial charge in [-0.1, -0.05) is 0 Å². The van der Waals surface area contributed by atoms with Gasteiger partial charge >= 0.3 is 6.09 Å². The molecule has 0 unspecified atom stereocenters. The fourth-order valence-corrected chi connectivity index (χ4v) is 2.00. The molecule has 8 nitrogen and oxygen atoms in total. The van der Waals surface area contributed by atoms with E-state index in [1.807, 2.05) is 25.7 Å². The molecule has 1 fully saturated rings. The molecule has 0 aliphatic carbocycles. The normalized spacial score (nSPS) is 15.6. The number of amides is 1. The van der Waals surface area contributed by atoms with Crippen molar-refractivity contribution >= 4 is 29.6 Å². The second-order valence-corrected chi connectivity index (χ2v) is 6.25. The molecular weight excluding hydrogens is 296 g/mol. The van der Waals surface area contributed by atoms with Gasteiger partial charge < -0.3 is 20.3 Å². The Morgan fingerprint density at radius 2 is 2.00 bits per heavy atom. The van der Waals surface area contributed by atoms with Crippen molar-refractivity contribution in [3.8, 4) is 0 Å². The van der Waals surface area contributed by atoms with Crippen LogP contribution in [0.4, 0.5) is 16.7 Å². The summed E-state index contributed by atoms with van der Waals surface area (Å²) in [6.07, 6.45) is -0.347. The summed E-state index contributed by atoms with van der Waals surface area (Å²) in [7, 11) is 1.71. The molecule has 0 aromatic carbocycles. The van der Waals surface area contributed by atoms with Crippen LogP contribution in [-0.2, 0) is 4.74 Å². The Morgan fingerprint density at radius 3 is 2.52 bits per heavy atom. The maximum atomic E-state index is 11.9. The molecule has 21 heavy (non-hydrogen) atoms. The lowest BCUT2D eigenvalue weighted by Crippen LogP contribution is -2.60. The second kappa shape index (κ2) is 5.51. The Labute approximate surface area is 128 Å². The average Bonchev–Trinajstić information content (AvgIpc) is 2.22. The predicted molar refractivity (Wildman–Crippen MR) is 79.2 cm³/mol. The number of carbonyl (C=O) groups excluding carboxylic acids is 1. The van der Waals surface area contributed by atoms with E-state index in [-0.39, 0.29) is 23.4 Å². The van der Waals surface area contributed by atoms with Crippen molar-refractivity contribution in [3.05, 3.63) is 5.28 Å². The van der Waals surface area contributed by atoms with Gasteiger partial charge in [-0.15, -0.1) is 0 Å². The third-order valence-corrected chi connectivity index (χ3v) is 3.16. The van der Waals surface area contributed by atoms with Gasteiger partial charge in [-0.3, -0.25) is 0 Å². The average molecular weight is 315 g/mol. The fourth-order valence-electron chi connectivity index (χ4n) is 1.84. The van der Waals surface area contributed by atoms with E-state index in [4.69, 9.17) is 22.1 Å². The first-order chi connectivity index (χ1) is 9.65. The number of hydrogen-bond acceptors (Lipinski definition) is 7. The first kappa shape index (κ1) is 15.6. The van der Waals surface area contributed by atoms with Gasteiger partial charge in [0.2, 0.25) is 17.2 Å². The van der Waals surface area contributed by atoms with E-state index >= 15 is 0 Å². The summed E-state index contributed by atoms with van der Waals surface area (Å²) in [4.78, 5) is 27.1. The third-order valence-electron chi connectivity index (χ3n) is 2.99. The van der Waals surface area contributed by atoms with Gasteiger partial charge in [-0.25, -0.2) is 4.79 Å². The minimum Gasteiger partial charge on any atom is -0.444 e. The second-order valence-electron chi connectivity index (χ2n) is 5.91. The molecule has 1 amide bonds. The third kappa shape index (κ3) is 3.84. The first-order valence-electron chi connectivity index (χ1n) is 6.53. The summed E-state index contributed by atoms with van der Waals surface area (Å²) >= 11 is 5.74. The molecule has 1 aliphatic heterocycles. The molecule has 0 spiro atoms. The Hall–Kier alpha value is -1.83. The largest absolute Gasteiger partial charge is 0.444 e. The SMILES string of the molecule is CN(C(=O)OC(C)(C)C)C1CN(c2nc(N)nc(Cl)n2)C1.